The molecule has 0 radical (unpaired) electrons. The zero-order valence-electron chi connectivity index (χ0n) is 13.9. The Kier molecular flexibility index (Phi) is 21.7. The van der Waals surface area contributed by atoms with Crippen molar-refractivity contribution in [1.82, 2.24) is 0 Å². The highest BCUT2D eigenvalue weighted by molar-refractivity contribution is 4.71. The van der Waals surface area contributed by atoms with Crippen molar-refractivity contribution in [3.05, 3.63) is 11.4 Å². The molecule has 0 aliphatic rings. The van der Waals surface area contributed by atoms with Crippen LogP contribution in [0.2, 0.25) is 0 Å². The number of rotatable bonds is 13. The summed E-state index contributed by atoms with van der Waals surface area (Å²) in [5.41, 5.74) is 0. The molecule has 0 fully saturated rings. The van der Waals surface area contributed by atoms with Gasteiger partial charge in [-0.25, -0.2) is 6.57 Å². The Hall–Kier alpha value is -1.73. The van der Waals surface area contributed by atoms with E-state index < -0.39 is 6.10 Å². The quantitative estimate of drug-likeness (QED) is 0.328. The first-order valence-electron chi connectivity index (χ1n) is 7.78. The van der Waals surface area contributed by atoms with Crippen molar-refractivity contribution in [3.63, 3.8) is 0 Å². The minimum absolute atomic E-state index is 0.239. The highest BCUT2D eigenvalue weighted by Gasteiger charge is 2.09. The lowest BCUT2D eigenvalue weighted by Gasteiger charge is -2.15. The van der Waals surface area contributed by atoms with Gasteiger partial charge in [-0.1, -0.05) is 0 Å². The monoisotopic (exact) mass is 341 g/mol. The molecule has 3 N–H and O–H groups in total. The number of hydrogen-bond acceptors (Lipinski definition) is 7. The largest absolute Gasteiger partial charge is 0.394 e. The molecule has 136 valence electrons. The van der Waals surface area contributed by atoms with Gasteiger partial charge in [0.15, 0.2) is 0 Å². The number of aliphatic hydroxyl groups excluding tert-OH is 3. The minimum atomic E-state index is -0.954. The Morgan fingerprint density at radius 3 is 2.04 bits per heavy atom. The molecule has 1 atom stereocenters. The predicted molar refractivity (Wildman–Crippen MR) is 86.5 cm³/mol. The summed E-state index contributed by atoms with van der Waals surface area (Å²) in [4.78, 5) is 3.21. The Morgan fingerprint density at radius 2 is 1.58 bits per heavy atom. The summed E-state index contributed by atoms with van der Waals surface area (Å²) in [7, 11) is 0. The molecule has 0 rings (SSSR count). The number of aliphatic hydroxyl groups is 3. The fourth-order valence-corrected chi connectivity index (χ4v) is 1.47. The average molecular weight is 341 g/mol. The lowest BCUT2D eigenvalue weighted by Crippen LogP contribution is -2.17. The van der Waals surface area contributed by atoms with Crippen LogP contribution in [0.25, 0.3) is 4.85 Å². The maximum atomic E-state index is 8.49. The molecule has 0 bridgehead atoms. The number of nitrogens with zero attached hydrogens (tertiary/aromatic N) is 3. The number of ether oxygens (including phenoxy) is 2. The molecule has 0 aromatic carbocycles. The molecule has 0 spiro atoms. The molecular formula is C16H27N3O5. The third kappa shape index (κ3) is 20.3. The zero-order valence-corrected chi connectivity index (χ0v) is 13.9. The van der Waals surface area contributed by atoms with Gasteiger partial charge in [0.2, 0.25) is 6.54 Å². The summed E-state index contributed by atoms with van der Waals surface area (Å²) in [6.07, 6.45) is 1.68. The Bertz CT molecular complexity index is 361. The van der Waals surface area contributed by atoms with Crippen molar-refractivity contribution in [1.29, 1.82) is 10.5 Å². The second-order valence-electron chi connectivity index (χ2n) is 4.88. The molecule has 0 aromatic heterocycles. The molecule has 0 saturated heterocycles. The smallest absolute Gasteiger partial charge is 0.237 e. The van der Waals surface area contributed by atoms with E-state index in [2.05, 4.69) is 10.9 Å². The van der Waals surface area contributed by atoms with Gasteiger partial charge in [0.1, 0.15) is 12.7 Å². The highest BCUT2D eigenvalue weighted by atomic mass is 16.5. The summed E-state index contributed by atoms with van der Waals surface area (Å²) in [6, 6.07) is 4.13. The highest BCUT2D eigenvalue weighted by Crippen LogP contribution is 2.10. The van der Waals surface area contributed by atoms with E-state index in [0.29, 0.717) is 45.8 Å². The van der Waals surface area contributed by atoms with E-state index >= 15 is 0 Å². The number of nitriles is 2. The number of hydrogen-bond donors (Lipinski definition) is 3. The van der Waals surface area contributed by atoms with Gasteiger partial charge in [0.25, 0.3) is 0 Å². The van der Waals surface area contributed by atoms with E-state index in [1.165, 1.54) is 0 Å². The van der Waals surface area contributed by atoms with Gasteiger partial charge in [0.05, 0.1) is 51.6 Å². The first kappa shape index (κ1) is 24.5. The van der Waals surface area contributed by atoms with Crippen LogP contribution in [0.4, 0.5) is 0 Å². The van der Waals surface area contributed by atoms with Crippen LogP contribution in [0.1, 0.15) is 25.7 Å². The van der Waals surface area contributed by atoms with Crippen molar-refractivity contribution in [3.8, 4) is 12.1 Å². The zero-order chi connectivity index (χ0) is 18.5. The molecule has 0 aliphatic carbocycles. The fraction of sp³-hybridized carbons (Fsp3) is 0.812. The lowest BCUT2D eigenvalue weighted by molar-refractivity contribution is 0.0409. The van der Waals surface area contributed by atoms with Gasteiger partial charge in [-0.3, -0.25) is 0 Å². The second kappa shape index (κ2) is 21.3. The van der Waals surface area contributed by atoms with E-state index in [9.17, 15) is 0 Å². The van der Waals surface area contributed by atoms with Crippen LogP contribution < -0.4 is 0 Å². The van der Waals surface area contributed by atoms with Crippen LogP contribution in [0, 0.1) is 35.2 Å². The molecule has 0 amide bonds. The van der Waals surface area contributed by atoms with Crippen molar-refractivity contribution < 1.29 is 24.8 Å². The van der Waals surface area contributed by atoms with Gasteiger partial charge in [-0.05, 0) is 12.8 Å². The van der Waals surface area contributed by atoms with Crippen LogP contribution in [0.5, 0.6) is 0 Å². The Morgan fingerprint density at radius 1 is 1.00 bits per heavy atom. The summed E-state index contributed by atoms with van der Waals surface area (Å²) in [5, 5.41) is 40.9. The molecular weight excluding hydrogens is 314 g/mol. The third-order valence-electron chi connectivity index (χ3n) is 2.74. The van der Waals surface area contributed by atoms with Gasteiger partial charge in [-0.15, -0.1) is 0 Å². The van der Waals surface area contributed by atoms with Crippen molar-refractivity contribution in [2.45, 2.75) is 31.8 Å². The van der Waals surface area contributed by atoms with E-state index in [1.54, 1.807) is 0 Å². The van der Waals surface area contributed by atoms with Gasteiger partial charge in [-0.2, -0.15) is 10.5 Å². The molecule has 8 heteroatoms. The van der Waals surface area contributed by atoms with Crippen LogP contribution in [-0.2, 0) is 9.47 Å². The van der Waals surface area contributed by atoms with Crippen molar-refractivity contribution in [2.75, 3.05) is 46.2 Å². The summed E-state index contributed by atoms with van der Waals surface area (Å²) < 4.78 is 10.8. The first-order valence-corrected chi connectivity index (χ1v) is 7.78. The van der Waals surface area contributed by atoms with Crippen LogP contribution in [-0.4, -0.2) is 67.6 Å². The summed E-state index contributed by atoms with van der Waals surface area (Å²) in [5.74, 6) is 0.239. The van der Waals surface area contributed by atoms with Gasteiger partial charge >= 0.3 is 0 Å². The Labute approximate surface area is 143 Å². The molecule has 8 nitrogen and oxygen atoms in total. The Balaban J connectivity index is 0. The van der Waals surface area contributed by atoms with Crippen molar-refractivity contribution >= 4 is 0 Å². The molecule has 0 saturated carbocycles. The lowest BCUT2D eigenvalue weighted by atomic mass is 10.0. The van der Waals surface area contributed by atoms with Gasteiger partial charge in [0, 0.05) is 12.3 Å². The van der Waals surface area contributed by atoms with Crippen LogP contribution >= 0.6 is 0 Å². The molecule has 0 aliphatic heterocycles. The van der Waals surface area contributed by atoms with E-state index in [0.717, 1.165) is 12.8 Å². The molecule has 24 heavy (non-hydrogen) atoms. The topological polar surface area (TPSA) is 131 Å². The molecule has 1 unspecified atom stereocenters. The number of unbranched alkanes of at least 4 members (excludes halogenated alkanes) is 1. The fourth-order valence-electron chi connectivity index (χ4n) is 1.47. The van der Waals surface area contributed by atoms with E-state index in [1.807, 2.05) is 6.07 Å². The second-order valence-corrected chi connectivity index (χ2v) is 4.88. The predicted octanol–water partition coefficient (Wildman–Crippen LogP) is 0.495. The van der Waals surface area contributed by atoms with E-state index in [-0.39, 0.29) is 19.1 Å². The van der Waals surface area contributed by atoms with Crippen LogP contribution in [0.3, 0.4) is 0 Å². The minimum Gasteiger partial charge on any atom is -0.394 e. The van der Waals surface area contributed by atoms with E-state index in [4.69, 9.17) is 41.9 Å². The third-order valence-corrected chi connectivity index (χ3v) is 2.74. The summed E-state index contributed by atoms with van der Waals surface area (Å²) >= 11 is 0. The van der Waals surface area contributed by atoms with Gasteiger partial charge < -0.3 is 29.6 Å². The first-order chi connectivity index (χ1) is 11.7. The normalized spacial score (nSPS) is 10.9. The van der Waals surface area contributed by atoms with Crippen LogP contribution in [0.15, 0.2) is 0 Å². The molecule has 0 aromatic rings. The maximum absolute atomic E-state index is 8.49. The standard InChI is InChI=1S/C13H19N3O2.C3H8O3/c1-16-8-10-18-12-13(5-2-3-6-14)11-17-9-4-7-15;4-1-3(6)2-5/h13H,2-5,8-12H2;3-6H,1-2H2. The average Bonchev–Trinajstić information content (AvgIpc) is 2.61. The summed E-state index contributed by atoms with van der Waals surface area (Å²) in [6.45, 7) is 8.26. The molecule has 0 heterocycles. The maximum Gasteiger partial charge on any atom is 0.237 e. The van der Waals surface area contributed by atoms with Crippen molar-refractivity contribution in [2.24, 2.45) is 5.92 Å². The SMILES string of the molecule is OCC(O)CO.[C-]#[N+]CCOCC(CCCC#N)COCCC#N.